The Morgan fingerprint density at radius 1 is 1.38 bits per heavy atom. The summed E-state index contributed by atoms with van der Waals surface area (Å²) < 4.78 is 23.9. The third-order valence-electron chi connectivity index (χ3n) is 2.19. The fourth-order valence-corrected chi connectivity index (χ4v) is 1.30. The first kappa shape index (κ1) is 12.9. The monoisotopic (exact) mass is 231 g/mol. The van der Waals surface area contributed by atoms with Gasteiger partial charge in [-0.15, -0.1) is 0 Å². The summed E-state index contributed by atoms with van der Waals surface area (Å²) in [6.07, 6.45) is -4.43. The van der Waals surface area contributed by atoms with Gasteiger partial charge < -0.3 is 15.5 Å². The van der Waals surface area contributed by atoms with E-state index in [1.807, 2.05) is 6.92 Å². The predicted molar refractivity (Wildman–Crippen MR) is 56.6 cm³/mol. The number of aryl methyl sites for hydroxylation is 1. The Hall–Kier alpha value is -1.20. The Morgan fingerprint density at radius 2 is 2.06 bits per heavy atom. The van der Waals surface area contributed by atoms with E-state index >= 15 is 0 Å². The fraction of sp³-hybridized carbons (Fsp3) is 0.455. The molecule has 3 nitrogen and oxygen atoms in total. The summed E-state index contributed by atoms with van der Waals surface area (Å²) in [6, 6.07) is 5.07. The van der Waals surface area contributed by atoms with Crippen LogP contribution in [-0.4, -0.2) is 29.3 Å². The van der Waals surface area contributed by atoms with Gasteiger partial charge in [0.2, 0.25) is 0 Å². The molecule has 16 heavy (non-hydrogen) atoms. The van der Waals surface area contributed by atoms with Crippen molar-refractivity contribution >= 4 is 0 Å². The smallest absolute Gasteiger partial charge is 0.265 e. The molecule has 0 spiro atoms. The van der Waals surface area contributed by atoms with Crippen LogP contribution in [0.5, 0.6) is 5.75 Å². The second-order valence-corrected chi connectivity index (χ2v) is 3.66. The molecule has 0 saturated carbocycles. The number of aliphatic hydroxyl groups is 1. The molecule has 90 valence electrons. The van der Waals surface area contributed by atoms with E-state index in [0.29, 0.717) is 5.56 Å². The first-order valence-corrected chi connectivity index (χ1v) is 4.96. The third-order valence-corrected chi connectivity index (χ3v) is 2.19. The Balaban J connectivity index is 2.45. The fourth-order valence-electron chi connectivity index (χ4n) is 1.30. The number of nitrogens with one attached hydrogen (secondary N) is 1. The SMILES string of the molecule is Cc1ccc(O)c(CNCC(O)C(F)F)c1. The molecule has 0 aromatic heterocycles. The molecule has 1 aromatic rings. The molecule has 0 fully saturated rings. The molecule has 3 N–H and O–H groups in total. The zero-order valence-electron chi connectivity index (χ0n) is 8.95. The largest absolute Gasteiger partial charge is 0.508 e. The van der Waals surface area contributed by atoms with Crippen LogP contribution >= 0.6 is 0 Å². The molecule has 0 radical (unpaired) electrons. The Labute approximate surface area is 92.7 Å². The number of rotatable bonds is 5. The maximum Gasteiger partial charge on any atom is 0.265 e. The van der Waals surface area contributed by atoms with E-state index in [4.69, 9.17) is 5.11 Å². The van der Waals surface area contributed by atoms with Crippen LogP contribution in [0, 0.1) is 6.92 Å². The van der Waals surface area contributed by atoms with Gasteiger partial charge in [-0.25, -0.2) is 8.78 Å². The number of benzene rings is 1. The lowest BCUT2D eigenvalue weighted by Crippen LogP contribution is -2.31. The van der Waals surface area contributed by atoms with Crippen molar-refractivity contribution in [2.75, 3.05) is 6.54 Å². The molecule has 1 aromatic carbocycles. The summed E-state index contributed by atoms with van der Waals surface area (Å²) in [5.74, 6) is 0.115. The molecular formula is C11H15F2NO2. The van der Waals surface area contributed by atoms with Crippen LogP contribution in [-0.2, 0) is 6.54 Å². The molecule has 0 heterocycles. The van der Waals surface area contributed by atoms with Gasteiger partial charge in [0.1, 0.15) is 11.9 Å². The van der Waals surface area contributed by atoms with Crippen LogP contribution < -0.4 is 5.32 Å². The van der Waals surface area contributed by atoms with Crippen LogP contribution in [0.4, 0.5) is 8.78 Å². The molecule has 1 rings (SSSR count). The minimum Gasteiger partial charge on any atom is -0.508 e. The molecule has 0 amide bonds. The average molecular weight is 231 g/mol. The van der Waals surface area contributed by atoms with Crippen molar-refractivity contribution in [3.05, 3.63) is 29.3 Å². The zero-order chi connectivity index (χ0) is 12.1. The number of aromatic hydroxyl groups is 1. The Bertz CT molecular complexity index is 345. The number of hydrogen-bond acceptors (Lipinski definition) is 3. The highest BCUT2D eigenvalue weighted by Gasteiger charge is 2.15. The number of halogens is 2. The first-order valence-electron chi connectivity index (χ1n) is 4.96. The standard InChI is InChI=1S/C11H15F2NO2/c1-7-2-3-9(15)8(4-7)5-14-6-10(16)11(12)13/h2-4,10-11,14-16H,5-6H2,1H3. The number of alkyl halides is 2. The van der Waals surface area contributed by atoms with E-state index in [0.717, 1.165) is 5.56 Å². The topological polar surface area (TPSA) is 52.5 Å². The van der Waals surface area contributed by atoms with Crippen LogP contribution in [0.15, 0.2) is 18.2 Å². The van der Waals surface area contributed by atoms with Crippen LogP contribution in [0.1, 0.15) is 11.1 Å². The normalized spacial score (nSPS) is 13.1. The number of hydrogen-bond donors (Lipinski definition) is 3. The maximum atomic E-state index is 12.0. The molecule has 0 saturated heterocycles. The minimum atomic E-state index is -2.75. The molecule has 0 aliphatic carbocycles. The van der Waals surface area contributed by atoms with Gasteiger partial charge in [0, 0.05) is 18.7 Å². The van der Waals surface area contributed by atoms with Crippen molar-refractivity contribution in [2.45, 2.75) is 26.0 Å². The number of phenolic OH excluding ortho intramolecular Hbond substituents is 1. The summed E-state index contributed by atoms with van der Waals surface area (Å²) in [6.45, 7) is 1.92. The molecule has 1 atom stereocenters. The summed E-state index contributed by atoms with van der Waals surface area (Å²) >= 11 is 0. The number of phenols is 1. The van der Waals surface area contributed by atoms with Crippen LogP contribution in [0.25, 0.3) is 0 Å². The number of aliphatic hydroxyl groups excluding tert-OH is 1. The first-order chi connectivity index (χ1) is 7.50. The van der Waals surface area contributed by atoms with Crippen molar-refractivity contribution in [1.29, 1.82) is 0 Å². The van der Waals surface area contributed by atoms with Gasteiger partial charge >= 0.3 is 0 Å². The van der Waals surface area contributed by atoms with Crippen molar-refractivity contribution in [2.24, 2.45) is 0 Å². The van der Waals surface area contributed by atoms with Crippen LogP contribution in [0.3, 0.4) is 0 Å². The maximum absolute atomic E-state index is 12.0. The van der Waals surface area contributed by atoms with Crippen LogP contribution in [0.2, 0.25) is 0 Å². The van der Waals surface area contributed by atoms with Crippen molar-refractivity contribution < 1.29 is 19.0 Å². The zero-order valence-corrected chi connectivity index (χ0v) is 8.95. The summed E-state index contributed by atoms with van der Waals surface area (Å²) in [5, 5.41) is 21.0. The van der Waals surface area contributed by atoms with E-state index in [9.17, 15) is 13.9 Å². The van der Waals surface area contributed by atoms with Crippen molar-refractivity contribution in [3.8, 4) is 5.75 Å². The van der Waals surface area contributed by atoms with E-state index in [1.165, 1.54) is 0 Å². The van der Waals surface area contributed by atoms with E-state index < -0.39 is 12.5 Å². The Kier molecular flexibility index (Phi) is 4.64. The summed E-state index contributed by atoms with van der Waals surface area (Å²) in [7, 11) is 0. The highest BCUT2D eigenvalue weighted by molar-refractivity contribution is 5.35. The molecule has 0 bridgehead atoms. The lowest BCUT2D eigenvalue weighted by Gasteiger charge is -2.11. The summed E-state index contributed by atoms with van der Waals surface area (Å²) in [5.41, 5.74) is 1.60. The van der Waals surface area contributed by atoms with Gasteiger partial charge in [0.15, 0.2) is 0 Å². The van der Waals surface area contributed by atoms with Crippen molar-refractivity contribution in [3.63, 3.8) is 0 Å². The molecule has 0 aliphatic heterocycles. The average Bonchev–Trinajstić information content (AvgIpc) is 2.22. The van der Waals surface area contributed by atoms with Gasteiger partial charge in [-0.05, 0) is 13.0 Å². The van der Waals surface area contributed by atoms with Crippen molar-refractivity contribution in [1.82, 2.24) is 5.32 Å². The lowest BCUT2D eigenvalue weighted by atomic mass is 10.1. The molecular weight excluding hydrogens is 216 g/mol. The highest BCUT2D eigenvalue weighted by Crippen LogP contribution is 2.17. The molecule has 5 heteroatoms. The second kappa shape index (κ2) is 5.77. The second-order valence-electron chi connectivity index (χ2n) is 3.66. The lowest BCUT2D eigenvalue weighted by molar-refractivity contribution is -0.00342. The molecule has 1 unspecified atom stereocenters. The molecule has 0 aliphatic rings. The minimum absolute atomic E-state index is 0.115. The predicted octanol–water partition coefficient (Wildman–Crippen LogP) is 1.42. The van der Waals surface area contributed by atoms with Gasteiger partial charge in [0.25, 0.3) is 6.43 Å². The van der Waals surface area contributed by atoms with E-state index in [2.05, 4.69) is 5.32 Å². The quantitative estimate of drug-likeness (QED) is 0.718. The Morgan fingerprint density at radius 3 is 2.69 bits per heavy atom. The third kappa shape index (κ3) is 3.75. The van der Waals surface area contributed by atoms with E-state index in [-0.39, 0.29) is 18.8 Å². The van der Waals surface area contributed by atoms with E-state index in [1.54, 1.807) is 18.2 Å². The van der Waals surface area contributed by atoms with Gasteiger partial charge in [-0.1, -0.05) is 17.7 Å². The van der Waals surface area contributed by atoms with Gasteiger partial charge in [-0.3, -0.25) is 0 Å². The highest BCUT2D eigenvalue weighted by atomic mass is 19.3. The summed E-state index contributed by atoms with van der Waals surface area (Å²) in [4.78, 5) is 0. The van der Waals surface area contributed by atoms with Gasteiger partial charge in [0.05, 0.1) is 0 Å². The van der Waals surface area contributed by atoms with Gasteiger partial charge in [-0.2, -0.15) is 0 Å².